The zero-order valence-electron chi connectivity index (χ0n) is 36.2. The minimum absolute atomic E-state index is 1.14. The van der Waals surface area contributed by atoms with Crippen LogP contribution in [0.25, 0.3) is 141 Å². The van der Waals surface area contributed by atoms with E-state index in [-0.39, 0.29) is 0 Å². The summed E-state index contributed by atoms with van der Waals surface area (Å²) in [7, 11) is 0. The van der Waals surface area contributed by atoms with Crippen LogP contribution in [0.5, 0.6) is 0 Å². The molecule has 2 nitrogen and oxygen atoms in total. The van der Waals surface area contributed by atoms with Crippen LogP contribution >= 0.6 is 11.3 Å². The minimum atomic E-state index is 1.14. The van der Waals surface area contributed by atoms with Gasteiger partial charge < -0.3 is 9.13 Å². The first-order valence-corrected chi connectivity index (χ1v) is 23.9. The Morgan fingerprint density at radius 3 is 1.39 bits per heavy atom. The van der Waals surface area contributed by atoms with Gasteiger partial charge in [0.05, 0.1) is 22.1 Å². The van der Waals surface area contributed by atoms with Gasteiger partial charge in [-0.15, -0.1) is 11.3 Å². The molecule has 0 fully saturated rings. The van der Waals surface area contributed by atoms with Crippen LogP contribution in [0.4, 0.5) is 0 Å². The third kappa shape index (κ3) is 5.20. The quantitative estimate of drug-likeness (QED) is 0.156. The first-order valence-electron chi connectivity index (χ1n) is 23.1. The Morgan fingerprint density at radius 1 is 0.284 bits per heavy atom. The lowest BCUT2D eigenvalue weighted by atomic mass is 9.85. The number of hydrogen-bond donors (Lipinski definition) is 0. The van der Waals surface area contributed by atoms with E-state index in [0.29, 0.717) is 0 Å². The van der Waals surface area contributed by atoms with Gasteiger partial charge in [-0.05, 0) is 120 Å². The molecule has 12 aromatic carbocycles. The van der Waals surface area contributed by atoms with Gasteiger partial charge in [-0.25, -0.2) is 0 Å². The first-order chi connectivity index (χ1) is 33.3. The number of para-hydroxylation sites is 3. The van der Waals surface area contributed by atoms with Crippen LogP contribution in [-0.4, -0.2) is 9.13 Å². The molecule has 310 valence electrons. The summed E-state index contributed by atoms with van der Waals surface area (Å²) in [5.41, 5.74) is 12.1. The topological polar surface area (TPSA) is 9.86 Å². The highest BCUT2D eigenvalue weighted by Gasteiger charge is 2.27. The van der Waals surface area contributed by atoms with Gasteiger partial charge in [-0.2, -0.15) is 0 Å². The molecule has 0 radical (unpaired) electrons. The van der Waals surface area contributed by atoms with E-state index in [4.69, 9.17) is 0 Å². The lowest BCUT2D eigenvalue weighted by Crippen LogP contribution is -1.97. The Labute approximate surface area is 389 Å². The molecule has 0 spiro atoms. The number of rotatable bonds is 4. The van der Waals surface area contributed by atoms with Crippen LogP contribution in [0.15, 0.2) is 231 Å². The summed E-state index contributed by atoms with van der Waals surface area (Å²) in [6, 6.07) is 85.8. The second-order valence-electron chi connectivity index (χ2n) is 17.9. The minimum Gasteiger partial charge on any atom is -0.308 e. The van der Waals surface area contributed by atoms with E-state index in [1.807, 2.05) is 11.3 Å². The van der Waals surface area contributed by atoms with Gasteiger partial charge in [-0.3, -0.25) is 0 Å². The van der Waals surface area contributed by atoms with Crippen molar-refractivity contribution in [3.63, 3.8) is 0 Å². The maximum atomic E-state index is 2.59. The molecular formula is C64H38N2S. The average Bonchev–Trinajstić information content (AvgIpc) is 4.06. The van der Waals surface area contributed by atoms with Crippen molar-refractivity contribution in [2.75, 3.05) is 0 Å². The Bertz CT molecular complexity index is 4570. The molecule has 67 heavy (non-hydrogen) atoms. The largest absolute Gasteiger partial charge is 0.308 e. The third-order valence-electron chi connectivity index (χ3n) is 14.4. The van der Waals surface area contributed by atoms with E-state index in [9.17, 15) is 0 Å². The van der Waals surface area contributed by atoms with Gasteiger partial charge in [0, 0.05) is 53.1 Å². The predicted octanol–water partition coefficient (Wildman–Crippen LogP) is 18.2. The van der Waals surface area contributed by atoms with Crippen LogP contribution < -0.4 is 0 Å². The summed E-state index contributed by atoms with van der Waals surface area (Å²) in [6.07, 6.45) is 0. The smallest absolute Gasteiger partial charge is 0.0656 e. The van der Waals surface area contributed by atoms with Crippen LogP contribution in [-0.2, 0) is 0 Å². The first kappa shape index (κ1) is 36.8. The number of thiophene rings is 1. The summed E-state index contributed by atoms with van der Waals surface area (Å²) >= 11 is 1.92. The van der Waals surface area contributed by atoms with Crippen molar-refractivity contribution in [1.82, 2.24) is 9.13 Å². The molecule has 3 aromatic heterocycles. The molecule has 0 unspecified atom stereocenters. The Kier molecular flexibility index (Phi) is 7.69. The van der Waals surface area contributed by atoms with E-state index in [2.05, 4.69) is 240 Å². The van der Waals surface area contributed by atoms with Crippen molar-refractivity contribution in [3.8, 4) is 33.6 Å². The van der Waals surface area contributed by atoms with E-state index in [1.165, 1.54) is 129 Å². The average molecular weight is 867 g/mol. The maximum Gasteiger partial charge on any atom is 0.0656 e. The molecule has 3 heteroatoms. The number of aromatic nitrogens is 2. The number of fused-ring (bicyclic) bond motifs is 16. The normalized spacial score (nSPS) is 12.2. The molecule has 0 amide bonds. The summed E-state index contributed by atoms with van der Waals surface area (Å²) in [4.78, 5) is 0. The molecule has 0 aliphatic carbocycles. The van der Waals surface area contributed by atoms with Gasteiger partial charge >= 0.3 is 0 Å². The third-order valence-corrected chi connectivity index (χ3v) is 15.6. The second kappa shape index (κ2) is 14.0. The fourth-order valence-electron chi connectivity index (χ4n) is 11.6. The highest BCUT2D eigenvalue weighted by atomic mass is 32.1. The summed E-state index contributed by atoms with van der Waals surface area (Å²) in [5, 5.41) is 17.6. The molecule has 15 rings (SSSR count). The van der Waals surface area contributed by atoms with E-state index in [1.54, 1.807) is 0 Å². The summed E-state index contributed by atoms with van der Waals surface area (Å²) in [5.74, 6) is 0. The fourth-order valence-corrected chi connectivity index (χ4v) is 12.9. The van der Waals surface area contributed by atoms with Crippen molar-refractivity contribution in [1.29, 1.82) is 0 Å². The van der Waals surface area contributed by atoms with Gasteiger partial charge in [-0.1, -0.05) is 176 Å². The summed E-state index contributed by atoms with van der Waals surface area (Å²) < 4.78 is 7.73. The molecule has 0 N–H and O–H groups in total. The van der Waals surface area contributed by atoms with E-state index < -0.39 is 0 Å². The predicted molar refractivity (Wildman–Crippen MR) is 289 cm³/mol. The molecule has 3 heterocycles. The molecule has 15 aromatic rings. The van der Waals surface area contributed by atoms with Crippen molar-refractivity contribution < 1.29 is 0 Å². The standard InChI is InChI=1S/C64H38N2S/c1-2-20-45(21-3-1)65-55-28-14-11-25-51(55)60-62(65)59-50-24-10-13-27-54(50)66(63(59)61-52-26-12-15-29-56(52)67-64(60)61)46-34-35-49-53(38-46)58(44-33-31-40-17-5-7-19-42(40)37-44)48-23-9-8-22-47(48)57(49)43-32-30-39-16-4-6-18-41(39)36-43/h1-38H. The van der Waals surface area contributed by atoms with Crippen molar-refractivity contribution in [2.45, 2.75) is 0 Å². The zero-order chi connectivity index (χ0) is 43.7. The molecule has 0 aliphatic heterocycles. The molecule has 0 saturated heterocycles. The maximum absolute atomic E-state index is 2.59. The van der Waals surface area contributed by atoms with Gasteiger partial charge in [0.25, 0.3) is 0 Å². The van der Waals surface area contributed by atoms with Gasteiger partial charge in [0.1, 0.15) is 0 Å². The van der Waals surface area contributed by atoms with Crippen molar-refractivity contribution in [2.24, 2.45) is 0 Å². The number of benzene rings is 12. The SMILES string of the molecule is c1ccc(-n2c3ccccc3c3c4sc5ccccc5c4c4c(c5ccccc5n4-c4ccc5c(-c6ccc7ccccc7c6)c6ccccc6c(-c6ccc7ccccc7c6)c5c4)c32)cc1. The Hall–Kier alpha value is -8.50. The highest BCUT2D eigenvalue weighted by molar-refractivity contribution is 7.27. The van der Waals surface area contributed by atoms with Gasteiger partial charge in [0.2, 0.25) is 0 Å². The number of nitrogens with zero attached hydrogens (tertiary/aromatic N) is 2. The molecule has 0 atom stereocenters. The Morgan fingerprint density at radius 2 is 0.746 bits per heavy atom. The number of hydrogen-bond acceptors (Lipinski definition) is 1. The fraction of sp³-hybridized carbons (Fsp3) is 0. The summed E-state index contributed by atoms with van der Waals surface area (Å²) in [6.45, 7) is 0. The molecule has 0 saturated carbocycles. The van der Waals surface area contributed by atoms with Crippen molar-refractivity contribution in [3.05, 3.63) is 231 Å². The van der Waals surface area contributed by atoms with Crippen molar-refractivity contribution >= 4 is 118 Å². The van der Waals surface area contributed by atoms with Crippen LogP contribution in [0.3, 0.4) is 0 Å². The van der Waals surface area contributed by atoms with Crippen LogP contribution in [0.2, 0.25) is 0 Å². The van der Waals surface area contributed by atoms with Crippen LogP contribution in [0.1, 0.15) is 0 Å². The monoisotopic (exact) mass is 866 g/mol. The molecule has 0 aliphatic rings. The van der Waals surface area contributed by atoms with Crippen LogP contribution in [0, 0.1) is 0 Å². The van der Waals surface area contributed by atoms with E-state index >= 15 is 0 Å². The zero-order valence-corrected chi connectivity index (χ0v) is 37.1. The molecule has 0 bridgehead atoms. The second-order valence-corrected chi connectivity index (χ2v) is 19.0. The highest BCUT2D eigenvalue weighted by Crippen LogP contribution is 2.52. The van der Waals surface area contributed by atoms with E-state index in [0.717, 1.165) is 11.4 Å². The van der Waals surface area contributed by atoms with Gasteiger partial charge in [0.15, 0.2) is 0 Å². The lowest BCUT2D eigenvalue weighted by Gasteiger charge is -2.20. The lowest BCUT2D eigenvalue weighted by molar-refractivity contribution is 1.18. The Balaban J connectivity index is 1.14. The molecular weight excluding hydrogens is 829 g/mol.